The van der Waals surface area contributed by atoms with E-state index >= 15 is 0 Å². The van der Waals surface area contributed by atoms with E-state index in [-0.39, 0.29) is 23.4 Å². The second-order valence-corrected chi connectivity index (χ2v) is 11.1. The number of rotatable bonds is 10. The zero-order valence-corrected chi connectivity index (χ0v) is 23.3. The fraction of sp³-hybridized carbons (Fsp3) is 0.385. The summed E-state index contributed by atoms with van der Waals surface area (Å²) in [5.74, 6) is -0.445. The Morgan fingerprint density at radius 2 is 1.82 bits per heavy atom. The molecule has 0 aliphatic carbocycles. The zero-order valence-electron chi connectivity index (χ0n) is 22.5. The lowest BCUT2D eigenvalue weighted by Crippen LogP contribution is -2.32. The van der Waals surface area contributed by atoms with Gasteiger partial charge >= 0.3 is 0 Å². The molecule has 1 heterocycles. The quantitative estimate of drug-likeness (QED) is 0.278. The van der Waals surface area contributed by atoms with Gasteiger partial charge in [-0.15, -0.1) is 0 Å². The van der Waals surface area contributed by atoms with E-state index in [4.69, 9.17) is 4.74 Å². The first-order valence-electron chi connectivity index (χ1n) is 12.2. The molecule has 0 fully saturated rings. The molecule has 0 aliphatic rings. The average molecular weight is 544 g/mol. The molecule has 0 bridgehead atoms. The van der Waals surface area contributed by atoms with Crippen molar-refractivity contribution in [3.8, 4) is 17.3 Å². The fourth-order valence-electron chi connectivity index (χ4n) is 3.70. The Hall–Kier alpha value is -3.77. The first kappa shape index (κ1) is 28.8. The van der Waals surface area contributed by atoms with Crippen molar-refractivity contribution in [1.82, 2.24) is 19.8 Å². The highest BCUT2D eigenvalue weighted by molar-refractivity contribution is 7.89. The van der Waals surface area contributed by atoms with Gasteiger partial charge in [0.2, 0.25) is 15.9 Å². The van der Waals surface area contributed by atoms with E-state index in [1.807, 2.05) is 52.8 Å². The van der Waals surface area contributed by atoms with E-state index < -0.39 is 37.5 Å². The van der Waals surface area contributed by atoms with Crippen molar-refractivity contribution in [3.63, 3.8) is 0 Å². The normalized spacial score (nSPS) is 12.4. The van der Waals surface area contributed by atoms with Gasteiger partial charge in [-0.25, -0.2) is 13.1 Å². The van der Waals surface area contributed by atoms with Gasteiger partial charge in [0.15, 0.2) is 5.69 Å². The number of sulfonamides is 1. The minimum atomic E-state index is -4.20. The molecular weight excluding hydrogens is 510 g/mol. The largest absolute Gasteiger partial charge is 0.437 e. The standard InChI is InChI=1S/C26H33N5O6S/c1-8-17(5)29-38(35,36)23-14-20(31(33)34)12-13-22(23)37-26-19(7)24(25(32)27-15(2)3)28-30(26)21-11-9-10-16(4)18(21)6/h9-15,17,29H,8H2,1-7H3,(H,27,32)/t17-/m1/s1. The molecule has 1 aromatic heterocycles. The molecule has 0 unspecified atom stereocenters. The highest BCUT2D eigenvalue weighted by atomic mass is 32.2. The number of hydrogen-bond donors (Lipinski definition) is 2. The minimum absolute atomic E-state index is 0.110. The number of ether oxygens (including phenoxy) is 1. The maximum absolute atomic E-state index is 13.3. The third kappa shape index (κ3) is 6.03. The summed E-state index contributed by atoms with van der Waals surface area (Å²) in [7, 11) is -4.20. The monoisotopic (exact) mass is 543 g/mol. The van der Waals surface area contributed by atoms with Crippen LogP contribution in [0.1, 0.15) is 61.3 Å². The zero-order chi connectivity index (χ0) is 28.4. The first-order chi connectivity index (χ1) is 17.8. The molecule has 3 rings (SSSR count). The van der Waals surface area contributed by atoms with E-state index in [9.17, 15) is 23.3 Å². The number of nitro benzene ring substituents is 1. The lowest BCUT2D eigenvalue weighted by molar-refractivity contribution is -0.385. The van der Waals surface area contributed by atoms with Crippen molar-refractivity contribution >= 4 is 21.6 Å². The van der Waals surface area contributed by atoms with Crippen molar-refractivity contribution in [2.24, 2.45) is 0 Å². The molecule has 0 saturated heterocycles. The van der Waals surface area contributed by atoms with E-state index in [0.29, 0.717) is 17.7 Å². The van der Waals surface area contributed by atoms with Crippen LogP contribution in [0.25, 0.3) is 5.69 Å². The molecular formula is C26H33N5O6S. The smallest absolute Gasteiger partial charge is 0.272 e. The number of benzene rings is 2. The summed E-state index contributed by atoms with van der Waals surface area (Å²) < 4.78 is 36.7. The van der Waals surface area contributed by atoms with Crippen LogP contribution in [0.3, 0.4) is 0 Å². The molecule has 1 atom stereocenters. The van der Waals surface area contributed by atoms with Gasteiger partial charge in [-0.2, -0.15) is 9.78 Å². The number of nitro groups is 1. The maximum atomic E-state index is 13.3. The number of carbonyl (C=O) groups excluding carboxylic acids is 1. The van der Waals surface area contributed by atoms with Crippen molar-refractivity contribution < 1.29 is 22.9 Å². The third-order valence-corrected chi connectivity index (χ3v) is 7.72. The van der Waals surface area contributed by atoms with Gasteiger partial charge < -0.3 is 10.1 Å². The molecule has 38 heavy (non-hydrogen) atoms. The summed E-state index contributed by atoms with van der Waals surface area (Å²) in [4.78, 5) is 23.3. The van der Waals surface area contributed by atoms with Crippen LogP contribution in [0.2, 0.25) is 0 Å². The summed E-state index contributed by atoms with van der Waals surface area (Å²) in [5.41, 5.74) is 2.57. The number of aromatic nitrogens is 2. The molecule has 0 radical (unpaired) electrons. The van der Waals surface area contributed by atoms with E-state index in [0.717, 1.165) is 23.3 Å². The second-order valence-electron chi connectivity index (χ2n) is 9.46. The number of non-ortho nitro benzene ring substituents is 1. The number of hydrogen-bond acceptors (Lipinski definition) is 7. The Bertz CT molecular complexity index is 1480. The summed E-state index contributed by atoms with van der Waals surface area (Å²) >= 11 is 0. The van der Waals surface area contributed by atoms with Crippen molar-refractivity contribution in [2.45, 2.75) is 71.9 Å². The summed E-state index contributed by atoms with van der Waals surface area (Å²) in [6.45, 7) is 12.6. The lowest BCUT2D eigenvalue weighted by Gasteiger charge is -2.17. The molecule has 2 aromatic carbocycles. The first-order valence-corrected chi connectivity index (χ1v) is 13.7. The Morgan fingerprint density at radius 1 is 1.13 bits per heavy atom. The van der Waals surface area contributed by atoms with Crippen LogP contribution in [0.15, 0.2) is 41.3 Å². The van der Waals surface area contributed by atoms with Crippen LogP contribution < -0.4 is 14.8 Å². The van der Waals surface area contributed by atoms with Gasteiger partial charge in [0.1, 0.15) is 10.6 Å². The van der Waals surface area contributed by atoms with Gasteiger partial charge in [0, 0.05) is 29.8 Å². The Morgan fingerprint density at radius 3 is 2.42 bits per heavy atom. The fourth-order valence-corrected chi connectivity index (χ4v) is 5.17. The predicted molar refractivity (Wildman–Crippen MR) is 144 cm³/mol. The average Bonchev–Trinajstić information content (AvgIpc) is 3.16. The van der Waals surface area contributed by atoms with Crippen molar-refractivity contribution in [1.29, 1.82) is 0 Å². The SMILES string of the molecule is CC[C@@H](C)NS(=O)(=O)c1cc([N+](=O)[O-])ccc1Oc1c(C)c(C(=O)NC(C)C)nn1-c1cccc(C)c1C. The number of amides is 1. The molecule has 11 nitrogen and oxygen atoms in total. The Balaban J connectivity index is 2.26. The van der Waals surface area contributed by atoms with Crippen LogP contribution in [0.5, 0.6) is 11.6 Å². The summed E-state index contributed by atoms with van der Waals surface area (Å²) in [6.07, 6.45) is 0.511. The second kappa shape index (κ2) is 11.3. The van der Waals surface area contributed by atoms with Crippen LogP contribution in [0, 0.1) is 30.9 Å². The number of nitrogens with one attached hydrogen (secondary N) is 2. The Kier molecular flexibility index (Phi) is 8.58. The van der Waals surface area contributed by atoms with Gasteiger partial charge in [0.05, 0.1) is 10.6 Å². The van der Waals surface area contributed by atoms with E-state index in [1.165, 1.54) is 10.7 Å². The molecule has 1 amide bonds. The number of nitrogens with zero attached hydrogens (tertiary/aromatic N) is 3. The molecule has 3 aromatic rings. The van der Waals surface area contributed by atoms with Gasteiger partial charge in [-0.05, 0) is 71.2 Å². The van der Waals surface area contributed by atoms with Gasteiger partial charge in [-0.1, -0.05) is 19.1 Å². The number of aryl methyl sites for hydroxylation is 1. The summed E-state index contributed by atoms with van der Waals surface area (Å²) in [6, 6.07) is 8.38. The molecule has 0 spiro atoms. The lowest BCUT2D eigenvalue weighted by atomic mass is 10.1. The molecule has 204 valence electrons. The highest BCUT2D eigenvalue weighted by Gasteiger charge is 2.29. The van der Waals surface area contributed by atoms with Crippen LogP contribution in [-0.2, 0) is 10.0 Å². The van der Waals surface area contributed by atoms with E-state index in [2.05, 4.69) is 15.1 Å². The predicted octanol–water partition coefficient (Wildman–Crippen LogP) is 4.71. The van der Waals surface area contributed by atoms with Crippen molar-refractivity contribution in [3.05, 3.63) is 68.9 Å². The van der Waals surface area contributed by atoms with Crippen molar-refractivity contribution in [2.75, 3.05) is 0 Å². The van der Waals surface area contributed by atoms with Crippen LogP contribution in [-0.4, -0.2) is 41.1 Å². The molecule has 0 saturated carbocycles. The highest BCUT2D eigenvalue weighted by Crippen LogP contribution is 2.36. The number of carbonyl (C=O) groups is 1. The molecule has 0 aliphatic heterocycles. The van der Waals surface area contributed by atoms with Gasteiger partial charge in [-0.3, -0.25) is 14.9 Å². The Labute approximate surface area is 222 Å². The van der Waals surface area contributed by atoms with Crippen LogP contribution in [0.4, 0.5) is 5.69 Å². The third-order valence-electron chi connectivity index (χ3n) is 6.11. The molecule has 2 N–H and O–H groups in total. The molecule has 12 heteroatoms. The topological polar surface area (TPSA) is 145 Å². The van der Waals surface area contributed by atoms with Gasteiger partial charge in [0.25, 0.3) is 11.6 Å². The van der Waals surface area contributed by atoms with Crippen LogP contribution >= 0.6 is 0 Å². The minimum Gasteiger partial charge on any atom is -0.437 e. The maximum Gasteiger partial charge on any atom is 0.272 e. The van der Waals surface area contributed by atoms with E-state index in [1.54, 1.807) is 13.8 Å². The summed E-state index contributed by atoms with van der Waals surface area (Å²) in [5, 5.41) is 18.8.